The smallest absolute Gasteiger partial charge is 0.239 e. The van der Waals surface area contributed by atoms with Crippen LogP contribution in [-0.4, -0.2) is 54.8 Å². The highest BCUT2D eigenvalue weighted by Crippen LogP contribution is 2.19. The van der Waals surface area contributed by atoms with E-state index in [1.165, 1.54) is 0 Å². The topological polar surface area (TPSA) is 52.7 Å². The average Bonchev–Trinajstić information content (AvgIpc) is 2.95. The third-order valence-electron chi connectivity index (χ3n) is 4.38. The molecule has 1 atom stereocenters. The predicted octanol–water partition coefficient (Wildman–Crippen LogP) is 1.74. The SMILES string of the molecule is CCN(CCc1ccccc1NC=O)C(=O)C1CCCN1C. The maximum Gasteiger partial charge on any atom is 0.239 e. The molecule has 2 amide bonds. The van der Waals surface area contributed by atoms with Gasteiger partial charge in [-0.2, -0.15) is 0 Å². The number of hydrogen-bond acceptors (Lipinski definition) is 3. The molecule has 2 rings (SSSR count). The Kier molecular flexibility index (Phi) is 5.95. The first-order chi connectivity index (χ1) is 10.7. The molecule has 0 spiro atoms. The van der Waals surface area contributed by atoms with Gasteiger partial charge >= 0.3 is 0 Å². The summed E-state index contributed by atoms with van der Waals surface area (Å²) in [6, 6.07) is 7.75. The number of para-hydroxylation sites is 1. The number of nitrogens with zero attached hydrogens (tertiary/aromatic N) is 2. The second-order valence-corrected chi connectivity index (χ2v) is 5.73. The average molecular weight is 303 g/mol. The van der Waals surface area contributed by atoms with Gasteiger partial charge in [-0.15, -0.1) is 0 Å². The van der Waals surface area contributed by atoms with Crippen molar-refractivity contribution < 1.29 is 9.59 Å². The normalized spacial score (nSPS) is 18.2. The first-order valence-electron chi connectivity index (χ1n) is 7.94. The molecule has 1 aliphatic rings. The number of likely N-dealkylation sites (tertiary alicyclic amines) is 1. The standard InChI is InChI=1S/C17H25N3O2/c1-3-20(17(22)16-9-6-11-19(16)2)12-10-14-7-4-5-8-15(14)18-13-21/h4-5,7-8,13,16H,3,6,9-12H2,1-2H3,(H,18,21). The van der Waals surface area contributed by atoms with Crippen molar-refractivity contribution in [3.05, 3.63) is 29.8 Å². The minimum Gasteiger partial charge on any atom is -0.341 e. The van der Waals surface area contributed by atoms with Crippen LogP contribution in [0.15, 0.2) is 24.3 Å². The molecule has 120 valence electrons. The van der Waals surface area contributed by atoms with Crippen molar-refractivity contribution in [2.75, 3.05) is 32.0 Å². The molecular formula is C17H25N3O2. The molecule has 0 aromatic heterocycles. The van der Waals surface area contributed by atoms with Crippen LogP contribution in [0.25, 0.3) is 0 Å². The monoisotopic (exact) mass is 303 g/mol. The fraction of sp³-hybridized carbons (Fsp3) is 0.529. The zero-order valence-electron chi connectivity index (χ0n) is 13.4. The number of amides is 2. The number of rotatable bonds is 7. The maximum absolute atomic E-state index is 12.6. The van der Waals surface area contributed by atoms with E-state index in [9.17, 15) is 9.59 Å². The van der Waals surface area contributed by atoms with Gasteiger partial charge in [-0.05, 0) is 51.4 Å². The van der Waals surface area contributed by atoms with Gasteiger partial charge in [-0.3, -0.25) is 14.5 Å². The summed E-state index contributed by atoms with van der Waals surface area (Å²) < 4.78 is 0. The Bertz CT molecular complexity index is 518. The number of likely N-dealkylation sites (N-methyl/N-ethyl adjacent to an activating group) is 2. The molecule has 1 aliphatic heterocycles. The number of anilines is 1. The molecule has 5 heteroatoms. The molecule has 1 saturated heterocycles. The Morgan fingerprint density at radius 3 is 2.86 bits per heavy atom. The third-order valence-corrected chi connectivity index (χ3v) is 4.38. The van der Waals surface area contributed by atoms with Crippen molar-refractivity contribution in [3.63, 3.8) is 0 Å². The minimum atomic E-state index is 0.0308. The van der Waals surface area contributed by atoms with Crippen LogP contribution in [0.1, 0.15) is 25.3 Å². The molecule has 0 saturated carbocycles. The number of hydrogen-bond donors (Lipinski definition) is 1. The number of carbonyl (C=O) groups is 2. The van der Waals surface area contributed by atoms with E-state index in [0.717, 1.165) is 37.1 Å². The second kappa shape index (κ2) is 7.94. The van der Waals surface area contributed by atoms with Crippen LogP contribution in [0.4, 0.5) is 5.69 Å². The second-order valence-electron chi connectivity index (χ2n) is 5.73. The van der Waals surface area contributed by atoms with E-state index in [-0.39, 0.29) is 11.9 Å². The highest BCUT2D eigenvalue weighted by atomic mass is 16.2. The van der Waals surface area contributed by atoms with Crippen LogP contribution in [-0.2, 0) is 16.0 Å². The van der Waals surface area contributed by atoms with Crippen LogP contribution in [0.2, 0.25) is 0 Å². The van der Waals surface area contributed by atoms with Crippen molar-refractivity contribution in [1.29, 1.82) is 0 Å². The lowest BCUT2D eigenvalue weighted by atomic mass is 10.1. The Balaban J connectivity index is 1.99. The van der Waals surface area contributed by atoms with Crippen LogP contribution >= 0.6 is 0 Å². The molecule has 1 fully saturated rings. The lowest BCUT2D eigenvalue weighted by Gasteiger charge is -2.27. The Morgan fingerprint density at radius 2 is 2.23 bits per heavy atom. The van der Waals surface area contributed by atoms with Crippen LogP contribution in [0, 0.1) is 0 Å². The third kappa shape index (κ3) is 3.85. The largest absolute Gasteiger partial charge is 0.341 e. The molecule has 0 aliphatic carbocycles. The van der Waals surface area contributed by atoms with Gasteiger partial charge in [-0.1, -0.05) is 18.2 Å². The summed E-state index contributed by atoms with van der Waals surface area (Å²) in [5.74, 6) is 0.225. The summed E-state index contributed by atoms with van der Waals surface area (Å²) in [5.41, 5.74) is 1.87. The van der Waals surface area contributed by atoms with Crippen LogP contribution in [0.5, 0.6) is 0 Å². The van der Waals surface area contributed by atoms with E-state index in [2.05, 4.69) is 10.2 Å². The Morgan fingerprint density at radius 1 is 1.45 bits per heavy atom. The Hall–Kier alpha value is -1.88. The zero-order chi connectivity index (χ0) is 15.9. The lowest BCUT2D eigenvalue weighted by molar-refractivity contribution is -0.135. The molecule has 22 heavy (non-hydrogen) atoms. The van der Waals surface area contributed by atoms with E-state index in [1.807, 2.05) is 43.1 Å². The van der Waals surface area contributed by atoms with E-state index < -0.39 is 0 Å². The van der Waals surface area contributed by atoms with Gasteiger partial charge in [0.1, 0.15) is 0 Å². The fourth-order valence-corrected chi connectivity index (χ4v) is 3.06. The Labute approximate surface area is 132 Å². The molecule has 0 bridgehead atoms. The number of carbonyl (C=O) groups excluding carboxylic acids is 2. The van der Waals surface area contributed by atoms with Gasteiger partial charge in [0.15, 0.2) is 0 Å². The van der Waals surface area contributed by atoms with Crippen LogP contribution < -0.4 is 5.32 Å². The van der Waals surface area contributed by atoms with Crippen molar-refractivity contribution in [3.8, 4) is 0 Å². The quantitative estimate of drug-likeness (QED) is 0.781. The molecule has 1 heterocycles. The first-order valence-corrected chi connectivity index (χ1v) is 7.94. The fourth-order valence-electron chi connectivity index (χ4n) is 3.06. The summed E-state index contributed by atoms with van der Waals surface area (Å²) in [6.07, 6.45) is 3.48. The molecule has 1 aromatic carbocycles. The van der Waals surface area contributed by atoms with Gasteiger partial charge in [0, 0.05) is 18.8 Å². The maximum atomic E-state index is 12.6. The van der Waals surface area contributed by atoms with Crippen molar-refractivity contribution in [2.45, 2.75) is 32.2 Å². The van der Waals surface area contributed by atoms with Crippen LogP contribution in [0.3, 0.4) is 0 Å². The van der Waals surface area contributed by atoms with E-state index in [0.29, 0.717) is 19.5 Å². The zero-order valence-corrected chi connectivity index (χ0v) is 13.4. The van der Waals surface area contributed by atoms with Crippen molar-refractivity contribution in [1.82, 2.24) is 9.80 Å². The predicted molar refractivity (Wildman–Crippen MR) is 87.7 cm³/mol. The van der Waals surface area contributed by atoms with E-state index in [4.69, 9.17) is 0 Å². The van der Waals surface area contributed by atoms with Gasteiger partial charge < -0.3 is 10.2 Å². The summed E-state index contributed by atoms with van der Waals surface area (Å²) in [4.78, 5) is 27.4. The summed E-state index contributed by atoms with van der Waals surface area (Å²) in [6.45, 7) is 4.41. The van der Waals surface area contributed by atoms with E-state index >= 15 is 0 Å². The molecule has 0 radical (unpaired) electrons. The molecule has 1 unspecified atom stereocenters. The van der Waals surface area contributed by atoms with Gasteiger partial charge in [0.25, 0.3) is 0 Å². The lowest BCUT2D eigenvalue weighted by Crippen LogP contribution is -2.45. The number of nitrogens with one attached hydrogen (secondary N) is 1. The highest BCUT2D eigenvalue weighted by Gasteiger charge is 2.30. The minimum absolute atomic E-state index is 0.0308. The number of benzene rings is 1. The molecule has 1 N–H and O–H groups in total. The van der Waals surface area contributed by atoms with Gasteiger partial charge in [0.2, 0.25) is 12.3 Å². The van der Waals surface area contributed by atoms with Gasteiger partial charge in [-0.25, -0.2) is 0 Å². The van der Waals surface area contributed by atoms with Gasteiger partial charge in [0.05, 0.1) is 6.04 Å². The van der Waals surface area contributed by atoms with Crippen molar-refractivity contribution >= 4 is 18.0 Å². The van der Waals surface area contributed by atoms with Crippen molar-refractivity contribution in [2.24, 2.45) is 0 Å². The summed E-state index contributed by atoms with van der Waals surface area (Å²) in [5, 5.41) is 2.72. The molecule has 5 nitrogen and oxygen atoms in total. The first kappa shape index (κ1) is 16.5. The molecular weight excluding hydrogens is 278 g/mol. The summed E-state index contributed by atoms with van der Waals surface area (Å²) in [7, 11) is 2.02. The highest BCUT2D eigenvalue weighted by molar-refractivity contribution is 5.82. The summed E-state index contributed by atoms with van der Waals surface area (Å²) >= 11 is 0. The van der Waals surface area contributed by atoms with E-state index in [1.54, 1.807) is 0 Å². The molecule has 1 aromatic rings.